The summed E-state index contributed by atoms with van der Waals surface area (Å²) in [7, 11) is 4.01. The van der Waals surface area contributed by atoms with Crippen LogP contribution in [0.5, 0.6) is 0 Å². The predicted molar refractivity (Wildman–Crippen MR) is 131 cm³/mol. The fourth-order valence-corrected chi connectivity index (χ4v) is 4.63. The molecular weight excluding hydrogens is 426 g/mol. The van der Waals surface area contributed by atoms with Gasteiger partial charge in [-0.2, -0.15) is 0 Å². The first-order valence-corrected chi connectivity index (χ1v) is 11.3. The van der Waals surface area contributed by atoms with Crippen LogP contribution >= 0.6 is 22.9 Å². The van der Waals surface area contributed by atoms with Crippen LogP contribution in [0.15, 0.2) is 72.8 Å². The molecule has 0 atom stereocenters. The second kappa shape index (κ2) is 9.60. The van der Waals surface area contributed by atoms with Crippen LogP contribution in [0.3, 0.4) is 0 Å². The Hall–Kier alpha value is -2.73. The van der Waals surface area contributed by atoms with E-state index < -0.39 is 0 Å². The molecular formula is C25H24ClN3OS. The Morgan fingerprint density at radius 2 is 1.65 bits per heavy atom. The number of carbonyl (C=O) groups is 1. The Morgan fingerprint density at radius 1 is 0.935 bits per heavy atom. The van der Waals surface area contributed by atoms with Gasteiger partial charge in [0.1, 0.15) is 0 Å². The van der Waals surface area contributed by atoms with E-state index in [0.29, 0.717) is 23.1 Å². The van der Waals surface area contributed by atoms with E-state index in [4.69, 9.17) is 16.6 Å². The van der Waals surface area contributed by atoms with Crippen molar-refractivity contribution in [2.24, 2.45) is 0 Å². The van der Waals surface area contributed by atoms with E-state index in [9.17, 15) is 4.79 Å². The standard InChI is InChI=1S/C25H24ClN3OS/c1-28(2)14-15-29(25-27-22-13-12-21(26)17-23(22)31-25)24(30)16-18-8-10-20(11-9-18)19-6-4-3-5-7-19/h3-13,17H,14-16H2,1-2H3. The average Bonchev–Trinajstić information content (AvgIpc) is 3.17. The van der Waals surface area contributed by atoms with Gasteiger partial charge >= 0.3 is 0 Å². The topological polar surface area (TPSA) is 36.4 Å². The second-order valence-corrected chi connectivity index (χ2v) is 9.14. The number of thiazole rings is 1. The number of aromatic nitrogens is 1. The molecule has 1 heterocycles. The van der Waals surface area contributed by atoms with Crippen molar-refractivity contribution in [3.8, 4) is 11.1 Å². The molecule has 0 radical (unpaired) electrons. The van der Waals surface area contributed by atoms with Crippen molar-refractivity contribution < 1.29 is 4.79 Å². The quantitative estimate of drug-likeness (QED) is 0.360. The number of nitrogens with zero attached hydrogens (tertiary/aromatic N) is 3. The zero-order valence-corrected chi connectivity index (χ0v) is 19.2. The minimum Gasteiger partial charge on any atom is -0.308 e. The average molecular weight is 450 g/mol. The second-order valence-electron chi connectivity index (χ2n) is 7.70. The van der Waals surface area contributed by atoms with Crippen molar-refractivity contribution in [2.75, 3.05) is 32.1 Å². The van der Waals surface area contributed by atoms with Crippen molar-refractivity contribution in [1.82, 2.24) is 9.88 Å². The molecule has 0 N–H and O–H groups in total. The molecule has 0 aliphatic carbocycles. The lowest BCUT2D eigenvalue weighted by atomic mass is 10.0. The van der Waals surface area contributed by atoms with E-state index in [0.717, 1.165) is 27.9 Å². The van der Waals surface area contributed by atoms with Gasteiger partial charge in [0, 0.05) is 18.1 Å². The van der Waals surface area contributed by atoms with E-state index in [2.05, 4.69) is 29.2 Å². The van der Waals surface area contributed by atoms with Crippen LogP contribution in [0.1, 0.15) is 5.56 Å². The molecule has 6 heteroatoms. The summed E-state index contributed by atoms with van der Waals surface area (Å²) in [6, 6.07) is 24.1. The van der Waals surface area contributed by atoms with Crippen LogP contribution in [-0.4, -0.2) is 43.0 Å². The Morgan fingerprint density at radius 3 is 2.35 bits per heavy atom. The Balaban J connectivity index is 1.55. The third-order valence-electron chi connectivity index (χ3n) is 5.06. The third-order valence-corrected chi connectivity index (χ3v) is 6.33. The van der Waals surface area contributed by atoms with Crippen molar-refractivity contribution in [1.29, 1.82) is 0 Å². The molecule has 1 aromatic heterocycles. The van der Waals surface area contributed by atoms with Crippen molar-refractivity contribution in [2.45, 2.75) is 6.42 Å². The molecule has 0 bridgehead atoms. The van der Waals surface area contributed by atoms with Crippen molar-refractivity contribution in [3.63, 3.8) is 0 Å². The summed E-state index contributed by atoms with van der Waals surface area (Å²) in [5, 5.41) is 1.39. The molecule has 158 valence electrons. The van der Waals surface area contributed by atoms with Gasteiger partial charge < -0.3 is 4.90 Å². The molecule has 4 nitrogen and oxygen atoms in total. The van der Waals surface area contributed by atoms with Crippen LogP contribution < -0.4 is 4.90 Å². The number of anilines is 1. The van der Waals surface area contributed by atoms with Crippen molar-refractivity contribution in [3.05, 3.63) is 83.4 Å². The summed E-state index contributed by atoms with van der Waals surface area (Å²) in [4.78, 5) is 21.8. The molecule has 31 heavy (non-hydrogen) atoms. The SMILES string of the molecule is CN(C)CCN(C(=O)Cc1ccc(-c2ccccc2)cc1)c1nc2ccc(Cl)cc2s1. The first kappa shape index (κ1) is 21.5. The lowest BCUT2D eigenvalue weighted by Gasteiger charge is -2.22. The first-order valence-electron chi connectivity index (χ1n) is 10.1. The van der Waals surface area contributed by atoms with Gasteiger partial charge in [0.15, 0.2) is 5.13 Å². The minimum absolute atomic E-state index is 0.0412. The molecule has 0 unspecified atom stereocenters. The summed E-state index contributed by atoms with van der Waals surface area (Å²) in [5.74, 6) is 0.0412. The maximum absolute atomic E-state index is 13.3. The number of hydrogen-bond acceptors (Lipinski definition) is 4. The van der Waals surface area contributed by atoms with Crippen LogP contribution in [-0.2, 0) is 11.2 Å². The molecule has 1 amide bonds. The number of amides is 1. The number of hydrogen-bond donors (Lipinski definition) is 0. The number of fused-ring (bicyclic) bond motifs is 1. The third kappa shape index (κ3) is 5.31. The van der Waals surface area contributed by atoms with Gasteiger partial charge in [-0.05, 0) is 49.0 Å². The van der Waals surface area contributed by atoms with E-state index in [1.54, 1.807) is 4.90 Å². The fraction of sp³-hybridized carbons (Fsp3) is 0.200. The van der Waals surface area contributed by atoms with Crippen molar-refractivity contribution >= 4 is 44.2 Å². The molecule has 4 aromatic rings. The van der Waals surface area contributed by atoms with Gasteiger partial charge in [-0.3, -0.25) is 9.69 Å². The van der Waals surface area contributed by atoms with Gasteiger partial charge in [-0.15, -0.1) is 0 Å². The van der Waals surface area contributed by atoms with Crippen LogP contribution in [0, 0.1) is 0 Å². The highest BCUT2D eigenvalue weighted by atomic mass is 35.5. The summed E-state index contributed by atoms with van der Waals surface area (Å²) < 4.78 is 0.984. The van der Waals surface area contributed by atoms with Gasteiger partial charge in [0.2, 0.25) is 5.91 Å². The molecule has 0 aliphatic rings. The van der Waals surface area contributed by atoms with Crippen LogP contribution in [0.4, 0.5) is 5.13 Å². The highest BCUT2D eigenvalue weighted by Crippen LogP contribution is 2.31. The van der Waals surface area contributed by atoms with E-state index >= 15 is 0 Å². The van der Waals surface area contributed by atoms with Gasteiger partial charge in [0.05, 0.1) is 16.6 Å². The summed E-state index contributed by atoms with van der Waals surface area (Å²) in [6.07, 6.45) is 0.333. The van der Waals surface area contributed by atoms with Gasteiger partial charge in [0.25, 0.3) is 0 Å². The lowest BCUT2D eigenvalue weighted by Crippen LogP contribution is -2.37. The number of halogens is 1. The number of likely N-dealkylation sites (N-methyl/N-ethyl adjacent to an activating group) is 1. The Bertz CT molecular complexity index is 1170. The molecule has 4 rings (SSSR count). The lowest BCUT2D eigenvalue weighted by molar-refractivity contribution is -0.118. The molecule has 0 saturated heterocycles. The van der Waals surface area contributed by atoms with E-state index in [1.165, 1.54) is 16.9 Å². The van der Waals surface area contributed by atoms with Gasteiger partial charge in [-0.25, -0.2) is 4.98 Å². The smallest absolute Gasteiger partial charge is 0.233 e. The normalized spacial score (nSPS) is 11.2. The Labute approximate surface area is 191 Å². The fourth-order valence-electron chi connectivity index (χ4n) is 3.34. The first-order chi connectivity index (χ1) is 15.0. The zero-order chi connectivity index (χ0) is 21.8. The maximum Gasteiger partial charge on any atom is 0.233 e. The summed E-state index contributed by atoms with van der Waals surface area (Å²) in [6.45, 7) is 1.34. The van der Waals surface area contributed by atoms with E-state index in [1.807, 2.05) is 62.6 Å². The largest absolute Gasteiger partial charge is 0.308 e. The van der Waals surface area contributed by atoms with Crippen LogP contribution in [0.25, 0.3) is 21.3 Å². The van der Waals surface area contributed by atoms with E-state index in [-0.39, 0.29) is 5.91 Å². The summed E-state index contributed by atoms with van der Waals surface area (Å²) >= 11 is 7.63. The minimum atomic E-state index is 0.0412. The molecule has 0 spiro atoms. The maximum atomic E-state index is 13.3. The van der Waals surface area contributed by atoms with Crippen LogP contribution in [0.2, 0.25) is 5.02 Å². The monoisotopic (exact) mass is 449 g/mol. The molecule has 0 aliphatic heterocycles. The molecule has 3 aromatic carbocycles. The highest BCUT2D eigenvalue weighted by molar-refractivity contribution is 7.22. The zero-order valence-electron chi connectivity index (χ0n) is 17.6. The predicted octanol–water partition coefficient (Wildman–Crippen LogP) is 5.75. The Kier molecular flexibility index (Phi) is 6.66. The number of rotatable bonds is 7. The molecule has 0 saturated carbocycles. The van der Waals surface area contributed by atoms with Gasteiger partial charge in [-0.1, -0.05) is 77.5 Å². The molecule has 0 fully saturated rings. The number of benzene rings is 3. The highest BCUT2D eigenvalue weighted by Gasteiger charge is 2.20. The summed E-state index contributed by atoms with van der Waals surface area (Å²) in [5.41, 5.74) is 4.16. The number of carbonyl (C=O) groups excluding carboxylic acids is 1.